The van der Waals surface area contributed by atoms with Gasteiger partial charge < -0.3 is 19.3 Å². The third kappa shape index (κ3) is 6.82. The Morgan fingerprint density at radius 3 is 2.22 bits per heavy atom. The summed E-state index contributed by atoms with van der Waals surface area (Å²) in [4.78, 5) is 32.9. The van der Waals surface area contributed by atoms with Crippen molar-refractivity contribution in [1.82, 2.24) is 14.8 Å². The molecule has 0 saturated carbocycles. The number of benzene rings is 1. The van der Waals surface area contributed by atoms with Crippen LogP contribution in [0.5, 0.6) is 5.88 Å². The van der Waals surface area contributed by atoms with Crippen molar-refractivity contribution in [2.75, 3.05) is 38.3 Å². The topological polar surface area (TPSA) is 101 Å². The maximum absolute atomic E-state index is 13.6. The Morgan fingerprint density at radius 2 is 1.69 bits per heavy atom. The second-order valence-electron chi connectivity index (χ2n) is 9.25. The second-order valence-corrected chi connectivity index (χ2v) is 9.25. The zero-order valence-corrected chi connectivity index (χ0v) is 21.0. The van der Waals surface area contributed by atoms with E-state index in [1.807, 2.05) is 20.8 Å². The van der Waals surface area contributed by atoms with Crippen LogP contribution in [-0.2, 0) is 9.53 Å². The van der Waals surface area contributed by atoms with Crippen molar-refractivity contribution in [3.05, 3.63) is 72.2 Å². The maximum atomic E-state index is 13.6. The van der Waals surface area contributed by atoms with Crippen LogP contribution in [0.4, 0.5) is 14.9 Å². The van der Waals surface area contributed by atoms with Crippen LogP contribution >= 0.6 is 0 Å². The molecule has 9 nitrogen and oxygen atoms in total. The number of nitrogens with two attached hydrogens (primary N) is 1. The predicted octanol–water partition coefficient (Wildman–Crippen LogP) is 3.59. The van der Waals surface area contributed by atoms with Gasteiger partial charge in [-0.1, -0.05) is 6.58 Å². The Kier molecular flexibility index (Phi) is 8.31. The Morgan fingerprint density at radius 1 is 1.08 bits per heavy atom. The highest BCUT2D eigenvalue weighted by molar-refractivity contribution is 5.98. The van der Waals surface area contributed by atoms with Gasteiger partial charge in [-0.05, 0) is 62.7 Å². The number of halogens is 1. The normalized spacial score (nSPS) is 14.3. The molecule has 0 atom stereocenters. The summed E-state index contributed by atoms with van der Waals surface area (Å²) in [5, 5.41) is 1.35. The number of aromatic nitrogens is 1. The summed E-state index contributed by atoms with van der Waals surface area (Å²) in [6.07, 6.45) is 2.68. The lowest BCUT2D eigenvalue weighted by atomic mass is 10.1. The summed E-state index contributed by atoms with van der Waals surface area (Å²) < 4.78 is 24.1. The quantitative estimate of drug-likeness (QED) is 0.282. The van der Waals surface area contributed by atoms with Crippen LogP contribution in [-0.4, -0.2) is 65.7 Å². The highest BCUT2D eigenvalue weighted by atomic mass is 19.1. The first kappa shape index (κ1) is 26.7. The van der Waals surface area contributed by atoms with E-state index < -0.39 is 17.5 Å². The van der Waals surface area contributed by atoms with Gasteiger partial charge in [-0.3, -0.25) is 9.80 Å². The first-order valence-corrected chi connectivity index (χ1v) is 11.5. The van der Waals surface area contributed by atoms with Crippen LogP contribution in [0.25, 0.3) is 5.70 Å². The molecule has 1 aromatic heterocycles. The van der Waals surface area contributed by atoms with Gasteiger partial charge >= 0.3 is 6.09 Å². The number of hydrogen-bond acceptors (Lipinski definition) is 7. The summed E-state index contributed by atoms with van der Waals surface area (Å²) in [6.45, 7) is 10.8. The van der Waals surface area contributed by atoms with E-state index in [-0.39, 0.29) is 11.5 Å². The van der Waals surface area contributed by atoms with E-state index >= 15 is 0 Å². The van der Waals surface area contributed by atoms with E-state index in [0.717, 1.165) is 0 Å². The lowest BCUT2D eigenvalue weighted by molar-refractivity contribution is -0.128. The van der Waals surface area contributed by atoms with Crippen molar-refractivity contribution in [3.63, 3.8) is 0 Å². The van der Waals surface area contributed by atoms with E-state index in [9.17, 15) is 14.0 Å². The number of pyridine rings is 1. The van der Waals surface area contributed by atoms with Crippen LogP contribution in [0.1, 0.15) is 26.3 Å². The summed E-state index contributed by atoms with van der Waals surface area (Å²) >= 11 is 0. The fourth-order valence-electron chi connectivity index (χ4n) is 3.54. The number of amides is 2. The van der Waals surface area contributed by atoms with Gasteiger partial charge in [0.1, 0.15) is 11.4 Å². The molecule has 1 fully saturated rings. The molecule has 2 heterocycles. The Labute approximate surface area is 210 Å². The molecule has 10 heteroatoms. The first-order chi connectivity index (χ1) is 17.0. The molecule has 0 radical (unpaired) electrons. The third-order valence-corrected chi connectivity index (χ3v) is 5.41. The molecule has 0 aliphatic carbocycles. The number of nitrogens with zero attached hydrogens (tertiary/aromatic N) is 4. The fourth-order valence-corrected chi connectivity index (χ4v) is 3.54. The fraction of sp³-hybridized carbons (Fsp3) is 0.346. The van der Waals surface area contributed by atoms with E-state index in [2.05, 4.69) is 11.6 Å². The zero-order valence-electron chi connectivity index (χ0n) is 21.0. The molecule has 192 valence electrons. The largest absolute Gasteiger partial charge is 0.481 e. The van der Waals surface area contributed by atoms with Gasteiger partial charge in [0.15, 0.2) is 0 Å². The SMILES string of the molecule is C=C(/C=C(/c1ccc(F)cc1)N(N)c1ccc(OC)nc1)C(=O)N1CCN(C(=O)OC(C)(C)C)CC1. The van der Waals surface area contributed by atoms with Gasteiger partial charge in [0.05, 0.1) is 24.7 Å². The molecule has 0 unspecified atom stereocenters. The third-order valence-electron chi connectivity index (χ3n) is 5.41. The molecule has 1 saturated heterocycles. The molecule has 2 aromatic rings. The molecule has 2 amide bonds. The second kappa shape index (κ2) is 11.2. The molecule has 2 N–H and O–H groups in total. The summed E-state index contributed by atoms with van der Waals surface area (Å²) in [7, 11) is 1.51. The van der Waals surface area contributed by atoms with Crippen LogP contribution in [0.15, 0.2) is 60.8 Å². The lowest BCUT2D eigenvalue weighted by Gasteiger charge is -2.35. The Bertz CT molecular complexity index is 1120. The van der Waals surface area contributed by atoms with Gasteiger partial charge in [-0.15, -0.1) is 0 Å². The van der Waals surface area contributed by atoms with Crippen LogP contribution in [0, 0.1) is 5.82 Å². The van der Waals surface area contributed by atoms with Gasteiger partial charge in [0.2, 0.25) is 5.88 Å². The molecular formula is C26H32FN5O4. The van der Waals surface area contributed by atoms with Crippen molar-refractivity contribution in [1.29, 1.82) is 0 Å². The van der Waals surface area contributed by atoms with Crippen molar-refractivity contribution < 1.29 is 23.5 Å². The number of anilines is 1. The van der Waals surface area contributed by atoms with Crippen molar-refractivity contribution in [2.24, 2.45) is 5.84 Å². The smallest absolute Gasteiger partial charge is 0.410 e. The van der Waals surface area contributed by atoms with Gasteiger partial charge in [-0.25, -0.2) is 20.0 Å². The Hall–Kier alpha value is -3.92. The minimum atomic E-state index is -0.590. The molecule has 36 heavy (non-hydrogen) atoms. The van der Waals surface area contributed by atoms with Crippen LogP contribution in [0.2, 0.25) is 0 Å². The number of rotatable bonds is 6. The number of piperazine rings is 1. The van der Waals surface area contributed by atoms with Gasteiger partial charge in [0.25, 0.3) is 5.91 Å². The molecular weight excluding hydrogens is 465 g/mol. The standard InChI is InChI=1S/C26H32FN5O4/c1-18(24(33)30-12-14-31(15-13-30)25(34)36-26(2,3)4)16-22(19-6-8-20(27)9-7-19)32(28)21-10-11-23(35-5)29-17-21/h6-11,16-17H,1,12-15,28H2,2-5H3/b22-16-. The van der Waals surface area contributed by atoms with Gasteiger partial charge in [0, 0.05) is 37.8 Å². The molecule has 3 rings (SSSR count). The predicted molar refractivity (Wildman–Crippen MR) is 135 cm³/mol. The van der Waals surface area contributed by atoms with E-state index in [1.54, 1.807) is 40.1 Å². The monoisotopic (exact) mass is 497 g/mol. The summed E-state index contributed by atoms with van der Waals surface area (Å²) in [6, 6.07) is 9.11. The summed E-state index contributed by atoms with van der Waals surface area (Å²) in [5.41, 5.74) is 1.13. The molecule has 0 spiro atoms. The first-order valence-electron chi connectivity index (χ1n) is 11.5. The average molecular weight is 498 g/mol. The summed E-state index contributed by atoms with van der Waals surface area (Å²) in [5.74, 6) is 6.13. The number of methoxy groups -OCH3 is 1. The molecule has 1 aromatic carbocycles. The zero-order chi connectivity index (χ0) is 26.5. The highest BCUT2D eigenvalue weighted by Gasteiger charge is 2.28. The van der Waals surface area contributed by atoms with Crippen molar-refractivity contribution >= 4 is 23.4 Å². The van der Waals surface area contributed by atoms with E-state index in [0.29, 0.717) is 49.0 Å². The number of carbonyl (C=O) groups is 2. The maximum Gasteiger partial charge on any atom is 0.410 e. The van der Waals surface area contributed by atoms with Gasteiger partial charge in [-0.2, -0.15) is 0 Å². The van der Waals surface area contributed by atoms with E-state index in [4.69, 9.17) is 15.3 Å². The number of hydrazine groups is 1. The lowest BCUT2D eigenvalue weighted by Crippen LogP contribution is -2.51. The minimum Gasteiger partial charge on any atom is -0.481 e. The number of ether oxygens (including phenoxy) is 2. The highest BCUT2D eigenvalue weighted by Crippen LogP contribution is 2.26. The average Bonchev–Trinajstić information content (AvgIpc) is 2.86. The van der Waals surface area contributed by atoms with Crippen molar-refractivity contribution in [3.8, 4) is 5.88 Å². The van der Waals surface area contributed by atoms with Crippen LogP contribution in [0.3, 0.4) is 0 Å². The number of carbonyl (C=O) groups excluding carboxylic acids is 2. The van der Waals surface area contributed by atoms with E-state index in [1.165, 1.54) is 30.4 Å². The molecule has 1 aliphatic heterocycles. The number of hydrogen-bond donors (Lipinski definition) is 1. The molecule has 0 bridgehead atoms. The Balaban J connectivity index is 1.78. The minimum absolute atomic E-state index is 0.192. The van der Waals surface area contributed by atoms with Crippen LogP contribution < -0.4 is 15.6 Å². The molecule has 1 aliphatic rings. The van der Waals surface area contributed by atoms with Crippen molar-refractivity contribution in [2.45, 2.75) is 26.4 Å².